The van der Waals surface area contributed by atoms with Crippen LogP contribution in [0.3, 0.4) is 0 Å². The molecule has 0 aromatic heterocycles. The van der Waals surface area contributed by atoms with Gasteiger partial charge in [0.2, 0.25) is 0 Å². The first-order chi connectivity index (χ1) is 5.77. The van der Waals surface area contributed by atoms with Crippen LogP contribution < -0.4 is 4.84 Å². The molecule has 1 N–H and O–H groups in total. The maximum absolute atomic E-state index is 10.9. The van der Waals surface area contributed by atoms with Gasteiger partial charge in [-0.05, 0) is 11.3 Å². The van der Waals surface area contributed by atoms with Gasteiger partial charge in [0, 0.05) is 5.56 Å². The van der Waals surface area contributed by atoms with E-state index in [0.717, 1.165) is 5.56 Å². The Morgan fingerprint density at radius 3 is 3.00 bits per heavy atom. The van der Waals surface area contributed by atoms with Gasteiger partial charge in [-0.25, -0.2) is 0 Å². The van der Waals surface area contributed by atoms with Crippen LogP contribution in [0.5, 0.6) is 5.75 Å². The highest BCUT2D eigenvalue weighted by molar-refractivity contribution is 5.79. The third kappa shape index (κ3) is 1.02. The van der Waals surface area contributed by atoms with E-state index >= 15 is 0 Å². The normalized spacial score (nSPS) is 15.4. The van der Waals surface area contributed by atoms with E-state index < -0.39 is 5.91 Å². The van der Waals surface area contributed by atoms with Crippen molar-refractivity contribution in [1.82, 2.24) is 5.23 Å². The number of amides is 1. The smallest absolute Gasteiger partial charge is 0.289 e. The van der Waals surface area contributed by atoms with Gasteiger partial charge in [0.25, 0.3) is 5.91 Å². The zero-order chi connectivity index (χ0) is 8.55. The molecule has 4 heteroatoms. The van der Waals surface area contributed by atoms with Crippen molar-refractivity contribution in [1.29, 1.82) is 0 Å². The van der Waals surface area contributed by atoms with Gasteiger partial charge in [0.1, 0.15) is 0 Å². The van der Waals surface area contributed by atoms with E-state index in [1.807, 2.05) is 6.07 Å². The van der Waals surface area contributed by atoms with Crippen LogP contribution in [0.2, 0.25) is 0 Å². The summed E-state index contributed by atoms with van der Waals surface area (Å²) in [5, 5.41) is 9.15. The number of nitrogens with zero attached hydrogens (tertiary/aromatic N) is 1. The molecule has 0 saturated carbocycles. The summed E-state index contributed by atoms with van der Waals surface area (Å²) < 4.78 is 0. The van der Waals surface area contributed by atoms with Gasteiger partial charge in [-0.15, -0.1) is 0 Å². The number of benzene rings is 1. The maximum Gasteiger partial charge on any atom is 0.289 e. The molecule has 0 bridgehead atoms. The van der Waals surface area contributed by atoms with Gasteiger partial charge >= 0.3 is 0 Å². The largest absolute Gasteiger partial charge is 0.351 e. The van der Waals surface area contributed by atoms with Gasteiger partial charge < -0.3 is 4.84 Å². The molecule has 1 aliphatic rings. The SMILES string of the molecule is O=C1Cc2ccccc2ON1O. The summed E-state index contributed by atoms with van der Waals surface area (Å²) in [7, 11) is 0. The topological polar surface area (TPSA) is 49.8 Å². The second-order valence-corrected chi connectivity index (χ2v) is 2.54. The number of carbonyl (C=O) groups is 1. The molecule has 0 spiro atoms. The Morgan fingerprint density at radius 1 is 1.42 bits per heavy atom. The van der Waals surface area contributed by atoms with E-state index in [1.165, 1.54) is 0 Å². The molecular weight excluding hydrogens is 158 g/mol. The lowest BCUT2D eigenvalue weighted by Gasteiger charge is -2.21. The van der Waals surface area contributed by atoms with Crippen LogP contribution in [-0.4, -0.2) is 16.3 Å². The van der Waals surface area contributed by atoms with Crippen molar-refractivity contribution in [3.05, 3.63) is 29.8 Å². The highest BCUT2D eigenvalue weighted by Gasteiger charge is 2.22. The van der Waals surface area contributed by atoms with Gasteiger partial charge in [-0.2, -0.15) is 0 Å². The molecule has 0 atom stereocenters. The lowest BCUT2D eigenvalue weighted by molar-refractivity contribution is -0.268. The Balaban J connectivity index is 2.40. The highest BCUT2D eigenvalue weighted by atomic mass is 16.9. The average molecular weight is 165 g/mol. The summed E-state index contributed by atoms with van der Waals surface area (Å²) in [5.74, 6) is 0.0771. The fraction of sp³-hybridized carbons (Fsp3) is 0.125. The molecule has 1 amide bonds. The van der Waals surface area contributed by atoms with Gasteiger partial charge in [-0.1, -0.05) is 18.2 Å². The maximum atomic E-state index is 10.9. The van der Waals surface area contributed by atoms with Crippen molar-refractivity contribution in [2.45, 2.75) is 6.42 Å². The summed E-state index contributed by atoms with van der Waals surface area (Å²) in [4.78, 5) is 15.7. The van der Waals surface area contributed by atoms with Gasteiger partial charge in [0.15, 0.2) is 5.75 Å². The molecule has 1 aromatic rings. The van der Waals surface area contributed by atoms with Crippen LogP contribution in [0.1, 0.15) is 5.56 Å². The summed E-state index contributed by atoms with van der Waals surface area (Å²) in [6.07, 6.45) is 0.187. The second-order valence-electron chi connectivity index (χ2n) is 2.54. The third-order valence-electron chi connectivity index (χ3n) is 1.71. The first-order valence-electron chi connectivity index (χ1n) is 3.55. The zero-order valence-electron chi connectivity index (χ0n) is 6.23. The van der Waals surface area contributed by atoms with Gasteiger partial charge in [0.05, 0.1) is 6.42 Å². The minimum Gasteiger partial charge on any atom is -0.351 e. The fourth-order valence-corrected chi connectivity index (χ4v) is 1.11. The Labute approximate surface area is 68.9 Å². The Hall–Kier alpha value is -1.55. The van der Waals surface area contributed by atoms with E-state index in [0.29, 0.717) is 5.75 Å². The second kappa shape index (κ2) is 2.49. The molecule has 12 heavy (non-hydrogen) atoms. The Bertz CT molecular complexity index is 324. The van der Waals surface area contributed by atoms with Crippen molar-refractivity contribution in [2.24, 2.45) is 0 Å². The number of carbonyl (C=O) groups excluding carboxylic acids is 1. The molecule has 62 valence electrons. The average Bonchev–Trinajstić information content (AvgIpc) is 2.07. The lowest BCUT2D eigenvalue weighted by atomic mass is 10.1. The van der Waals surface area contributed by atoms with Crippen LogP contribution in [-0.2, 0) is 11.2 Å². The van der Waals surface area contributed by atoms with E-state index in [1.54, 1.807) is 18.2 Å². The van der Waals surface area contributed by atoms with Crippen molar-refractivity contribution in [2.75, 3.05) is 0 Å². The minimum absolute atomic E-state index is 0.187. The first-order valence-corrected chi connectivity index (χ1v) is 3.55. The van der Waals surface area contributed by atoms with Crippen LogP contribution in [0.4, 0.5) is 0 Å². The quantitative estimate of drug-likeness (QED) is 0.577. The van der Waals surface area contributed by atoms with Crippen molar-refractivity contribution in [3.63, 3.8) is 0 Å². The van der Waals surface area contributed by atoms with Crippen LogP contribution in [0, 0.1) is 0 Å². The fourth-order valence-electron chi connectivity index (χ4n) is 1.11. The number of hydrogen-bond donors (Lipinski definition) is 1. The summed E-state index contributed by atoms with van der Waals surface area (Å²) in [6, 6.07) is 7.09. The molecule has 0 unspecified atom stereocenters. The Kier molecular flexibility index (Phi) is 1.48. The molecule has 0 radical (unpaired) electrons. The first kappa shape index (κ1) is 7.12. The minimum atomic E-state index is -0.450. The molecule has 0 fully saturated rings. The number of para-hydroxylation sites is 1. The van der Waals surface area contributed by atoms with E-state index in [2.05, 4.69) is 0 Å². The summed E-state index contributed by atoms with van der Waals surface area (Å²) in [5.41, 5.74) is 0.799. The van der Waals surface area contributed by atoms with Crippen molar-refractivity contribution in [3.8, 4) is 5.75 Å². The highest BCUT2D eigenvalue weighted by Crippen LogP contribution is 2.23. The van der Waals surface area contributed by atoms with Crippen LogP contribution in [0.15, 0.2) is 24.3 Å². The molecular formula is C8H7NO3. The molecule has 1 heterocycles. The summed E-state index contributed by atoms with van der Waals surface area (Å²) in [6.45, 7) is 0. The van der Waals surface area contributed by atoms with Crippen LogP contribution >= 0.6 is 0 Å². The van der Waals surface area contributed by atoms with E-state index in [4.69, 9.17) is 10.0 Å². The van der Waals surface area contributed by atoms with Crippen molar-refractivity contribution < 1.29 is 14.8 Å². The number of hydroxylamine groups is 2. The zero-order valence-corrected chi connectivity index (χ0v) is 6.23. The van der Waals surface area contributed by atoms with E-state index in [-0.39, 0.29) is 11.6 Å². The predicted molar refractivity (Wildman–Crippen MR) is 39.4 cm³/mol. The van der Waals surface area contributed by atoms with Crippen molar-refractivity contribution >= 4 is 5.91 Å². The number of rotatable bonds is 0. The number of hydrogen-bond acceptors (Lipinski definition) is 3. The third-order valence-corrected chi connectivity index (χ3v) is 1.71. The predicted octanol–water partition coefficient (Wildman–Crippen LogP) is 0.754. The lowest BCUT2D eigenvalue weighted by Crippen LogP contribution is -2.35. The Morgan fingerprint density at radius 2 is 2.17 bits per heavy atom. The van der Waals surface area contributed by atoms with E-state index in [9.17, 15) is 4.79 Å². The van der Waals surface area contributed by atoms with Gasteiger partial charge in [-0.3, -0.25) is 10.0 Å². The molecule has 0 saturated heterocycles. The number of fused-ring (bicyclic) bond motifs is 1. The van der Waals surface area contributed by atoms with Crippen LogP contribution in [0.25, 0.3) is 0 Å². The molecule has 1 aliphatic heterocycles. The monoisotopic (exact) mass is 165 g/mol. The molecule has 1 aromatic carbocycles. The standard InChI is InChI=1S/C8H7NO3/c10-8-5-6-3-1-2-4-7(6)12-9(8)11/h1-4,11H,5H2. The molecule has 4 nitrogen and oxygen atoms in total. The molecule has 2 rings (SSSR count). The molecule has 0 aliphatic carbocycles. The summed E-state index contributed by atoms with van der Waals surface area (Å²) >= 11 is 0.